The van der Waals surface area contributed by atoms with Crippen molar-refractivity contribution in [3.8, 4) is 16.9 Å². The fourth-order valence-electron chi connectivity index (χ4n) is 3.33. The molecular weight excluding hydrogens is 380 g/mol. The Morgan fingerprint density at radius 2 is 1.87 bits per heavy atom. The van der Waals surface area contributed by atoms with E-state index < -0.39 is 0 Å². The molecule has 30 heavy (non-hydrogen) atoms. The maximum atomic E-state index is 13.3. The standard InChI is InChI=1S/C22H16N6O2/c1-14-20-16(11-18(26-22(20)30-27-14)15-7-3-2-4-8-15)21(29)25-17-9-5-6-10-19(17)28-13-23-12-24-28/h2-13H,1H3,(H,25,29). The second-order valence-electron chi connectivity index (χ2n) is 6.68. The van der Waals surface area contributed by atoms with Crippen LogP contribution in [0.1, 0.15) is 16.1 Å². The highest BCUT2D eigenvalue weighted by Gasteiger charge is 2.20. The van der Waals surface area contributed by atoms with Crippen LogP contribution >= 0.6 is 0 Å². The number of fused-ring (bicyclic) bond motifs is 1. The first-order valence-corrected chi connectivity index (χ1v) is 9.28. The highest BCUT2D eigenvalue weighted by Crippen LogP contribution is 2.28. The van der Waals surface area contributed by atoms with Gasteiger partial charge in [0, 0.05) is 5.56 Å². The molecule has 0 saturated heterocycles. The first-order chi connectivity index (χ1) is 14.7. The lowest BCUT2D eigenvalue weighted by atomic mass is 10.0. The number of hydrogen-bond donors (Lipinski definition) is 1. The molecule has 0 aliphatic heterocycles. The maximum Gasteiger partial charge on any atom is 0.259 e. The molecule has 1 N–H and O–H groups in total. The zero-order chi connectivity index (χ0) is 20.5. The number of nitrogens with zero attached hydrogens (tertiary/aromatic N) is 5. The molecule has 0 fully saturated rings. The van der Waals surface area contributed by atoms with Crippen molar-refractivity contribution >= 4 is 22.7 Å². The Hall–Kier alpha value is -4.33. The Labute approximate surface area is 171 Å². The van der Waals surface area contributed by atoms with Gasteiger partial charge in [0.15, 0.2) is 0 Å². The first kappa shape index (κ1) is 17.7. The monoisotopic (exact) mass is 396 g/mol. The van der Waals surface area contributed by atoms with Crippen LogP contribution in [0.2, 0.25) is 0 Å². The third kappa shape index (κ3) is 3.10. The quantitative estimate of drug-likeness (QED) is 0.492. The average Bonchev–Trinajstić information content (AvgIpc) is 3.44. The van der Waals surface area contributed by atoms with Crippen LogP contribution in [-0.4, -0.2) is 30.8 Å². The number of para-hydroxylation sites is 2. The number of anilines is 1. The summed E-state index contributed by atoms with van der Waals surface area (Å²) in [7, 11) is 0. The molecule has 0 aliphatic carbocycles. The van der Waals surface area contributed by atoms with Gasteiger partial charge in [0.1, 0.15) is 12.7 Å². The lowest BCUT2D eigenvalue weighted by Gasteiger charge is -2.12. The van der Waals surface area contributed by atoms with Crippen molar-refractivity contribution in [1.82, 2.24) is 24.9 Å². The Morgan fingerprint density at radius 1 is 1.07 bits per heavy atom. The number of aromatic nitrogens is 5. The summed E-state index contributed by atoms with van der Waals surface area (Å²) in [5, 5.41) is 11.7. The zero-order valence-corrected chi connectivity index (χ0v) is 16.0. The van der Waals surface area contributed by atoms with E-state index in [4.69, 9.17) is 4.52 Å². The second kappa shape index (κ2) is 7.25. The van der Waals surface area contributed by atoms with E-state index in [1.165, 1.54) is 6.33 Å². The minimum atomic E-state index is -0.293. The summed E-state index contributed by atoms with van der Waals surface area (Å²) >= 11 is 0. The van der Waals surface area contributed by atoms with Crippen molar-refractivity contribution in [3.05, 3.63) is 84.6 Å². The summed E-state index contributed by atoms with van der Waals surface area (Å²) in [4.78, 5) is 21.9. The summed E-state index contributed by atoms with van der Waals surface area (Å²) in [6.07, 6.45) is 3.02. The molecule has 5 aromatic rings. The van der Waals surface area contributed by atoms with E-state index in [1.54, 1.807) is 24.0 Å². The highest BCUT2D eigenvalue weighted by molar-refractivity contribution is 6.13. The molecule has 0 aliphatic rings. The predicted octanol–water partition coefficient (Wildman–Crippen LogP) is 4.03. The number of hydrogen-bond acceptors (Lipinski definition) is 6. The van der Waals surface area contributed by atoms with Crippen molar-refractivity contribution in [2.75, 3.05) is 5.32 Å². The van der Waals surface area contributed by atoms with E-state index in [1.807, 2.05) is 54.6 Å². The predicted molar refractivity (Wildman–Crippen MR) is 111 cm³/mol. The van der Waals surface area contributed by atoms with Gasteiger partial charge >= 0.3 is 0 Å². The van der Waals surface area contributed by atoms with Crippen LogP contribution in [0.25, 0.3) is 28.0 Å². The van der Waals surface area contributed by atoms with Gasteiger partial charge in [-0.1, -0.05) is 47.6 Å². The fourth-order valence-corrected chi connectivity index (χ4v) is 3.33. The first-order valence-electron chi connectivity index (χ1n) is 9.28. The van der Waals surface area contributed by atoms with E-state index in [9.17, 15) is 4.79 Å². The Bertz CT molecular complexity index is 1340. The summed E-state index contributed by atoms with van der Waals surface area (Å²) < 4.78 is 6.97. The number of amides is 1. The number of pyridine rings is 1. The van der Waals surface area contributed by atoms with Gasteiger partial charge in [-0.3, -0.25) is 4.79 Å². The molecule has 3 aromatic heterocycles. The van der Waals surface area contributed by atoms with Crippen molar-refractivity contribution in [2.24, 2.45) is 0 Å². The van der Waals surface area contributed by atoms with Crippen molar-refractivity contribution in [2.45, 2.75) is 6.92 Å². The van der Waals surface area contributed by atoms with E-state index >= 15 is 0 Å². The molecule has 2 aromatic carbocycles. The molecule has 8 heteroatoms. The molecule has 1 amide bonds. The molecule has 146 valence electrons. The lowest BCUT2D eigenvalue weighted by molar-refractivity contribution is 0.102. The third-order valence-corrected chi connectivity index (χ3v) is 4.75. The summed E-state index contributed by atoms with van der Waals surface area (Å²) in [5.74, 6) is -0.293. The van der Waals surface area contributed by atoms with Gasteiger partial charge in [0.2, 0.25) is 0 Å². The van der Waals surface area contributed by atoms with Gasteiger partial charge < -0.3 is 9.84 Å². The fraction of sp³-hybridized carbons (Fsp3) is 0.0455. The lowest BCUT2D eigenvalue weighted by Crippen LogP contribution is -2.15. The molecule has 0 unspecified atom stereocenters. The van der Waals surface area contributed by atoms with Gasteiger partial charge in [0.25, 0.3) is 11.6 Å². The van der Waals surface area contributed by atoms with E-state index in [-0.39, 0.29) is 5.91 Å². The maximum absolute atomic E-state index is 13.3. The third-order valence-electron chi connectivity index (χ3n) is 4.75. The van der Waals surface area contributed by atoms with Crippen molar-refractivity contribution in [1.29, 1.82) is 0 Å². The Balaban J connectivity index is 1.60. The molecule has 0 saturated carbocycles. The van der Waals surface area contributed by atoms with E-state index in [0.29, 0.717) is 39.4 Å². The van der Waals surface area contributed by atoms with Crippen molar-refractivity contribution < 1.29 is 9.32 Å². The second-order valence-corrected chi connectivity index (χ2v) is 6.68. The number of carbonyl (C=O) groups is 1. The number of benzene rings is 2. The van der Waals surface area contributed by atoms with Gasteiger partial charge in [0.05, 0.1) is 33.7 Å². The van der Waals surface area contributed by atoms with E-state index in [0.717, 1.165) is 5.56 Å². The molecular formula is C22H16N6O2. The zero-order valence-electron chi connectivity index (χ0n) is 16.0. The van der Waals surface area contributed by atoms with Gasteiger partial charge in [-0.05, 0) is 25.1 Å². The summed E-state index contributed by atoms with van der Waals surface area (Å²) in [6.45, 7) is 1.79. The van der Waals surface area contributed by atoms with Crippen LogP contribution in [0.4, 0.5) is 5.69 Å². The average molecular weight is 396 g/mol. The molecule has 0 bridgehead atoms. The van der Waals surface area contributed by atoms with Crippen LogP contribution < -0.4 is 5.32 Å². The molecule has 0 spiro atoms. The van der Waals surface area contributed by atoms with Crippen LogP contribution in [0.15, 0.2) is 77.8 Å². The van der Waals surface area contributed by atoms with Crippen molar-refractivity contribution in [3.63, 3.8) is 0 Å². The number of aryl methyl sites for hydroxylation is 1. The summed E-state index contributed by atoms with van der Waals surface area (Å²) in [5.41, 5.74) is 4.19. The van der Waals surface area contributed by atoms with Crippen LogP contribution in [0.3, 0.4) is 0 Å². The number of carbonyl (C=O) groups excluding carboxylic acids is 1. The number of nitrogens with one attached hydrogen (secondary N) is 1. The molecule has 5 rings (SSSR count). The highest BCUT2D eigenvalue weighted by atomic mass is 16.5. The topological polar surface area (TPSA) is 98.7 Å². The Kier molecular flexibility index (Phi) is 4.29. The van der Waals surface area contributed by atoms with Gasteiger partial charge in [-0.25, -0.2) is 14.6 Å². The SMILES string of the molecule is Cc1noc2nc(-c3ccccc3)cc(C(=O)Nc3ccccc3-n3cncn3)c12. The molecule has 8 nitrogen and oxygen atoms in total. The van der Waals surface area contributed by atoms with E-state index in [2.05, 4.69) is 25.5 Å². The molecule has 0 radical (unpaired) electrons. The minimum Gasteiger partial charge on any atom is -0.335 e. The Morgan fingerprint density at radius 3 is 2.67 bits per heavy atom. The smallest absolute Gasteiger partial charge is 0.259 e. The van der Waals surface area contributed by atoms with Gasteiger partial charge in [-0.2, -0.15) is 5.10 Å². The number of rotatable bonds is 4. The van der Waals surface area contributed by atoms with Crippen LogP contribution in [0, 0.1) is 6.92 Å². The van der Waals surface area contributed by atoms with Crippen LogP contribution in [0.5, 0.6) is 0 Å². The molecule has 0 atom stereocenters. The van der Waals surface area contributed by atoms with Gasteiger partial charge in [-0.15, -0.1) is 0 Å². The van der Waals surface area contributed by atoms with Crippen LogP contribution in [-0.2, 0) is 0 Å². The largest absolute Gasteiger partial charge is 0.335 e. The summed E-state index contributed by atoms with van der Waals surface area (Å²) in [6, 6.07) is 18.8. The normalized spacial score (nSPS) is 11.0. The minimum absolute atomic E-state index is 0.293. The molecule has 3 heterocycles.